The van der Waals surface area contributed by atoms with Crippen molar-refractivity contribution >= 4 is 0 Å². The second kappa shape index (κ2) is 8.04. The van der Waals surface area contributed by atoms with Gasteiger partial charge in [0.25, 0.3) is 0 Å². The number of terminal acetylenes is 1. The van der Waals surface area contributed by atoms with Gasteiger partial charge in [-0.05, 0) is 12.5 Å². The van der Waals surface area contributed by atoms with E-state index in [1.807, 2.05) is 12.2 Å². The van der Waals surface area contributed by atoms with Crippen molar-refractivity contribution in [2.45, 2.75) is 26.2 Å². The first kappa shape index (κ1) is 9.04. The summed E-state index contributed by atoms with van der Waals surface area (Å²) >= 11 is 0. The first-order chi connectivity index (χ1) is 4.91. The Labute approximate surface area is 63.6 Å². The van der Waals surface area contributed by atoms with E-state index in [2.05, 4.69) is 18.9 Å². The van der Waals surface area contributed by atoms with Gasteiger partial charge in [0.1, 0.15) is 0 Å². The van der Waals surface area contributed by atoms with Crippen LogP contribution in [-0.2, 0) is 0 Å². The Bertz CT molecular complexity index is 144. The Balaban J connectivity index is 3.22. The van der Waals surface area contributed by atoms with E-state index >= 15 is 0 Å². The summed E-state index contributed by atoms with van der Waals surface area (Å²) in [7, 11) is 0. The molecule has 0 unspecified atom stereocenters. The molecule has 0 saturated carbocycles. The lowest BCUT2D eigenvalue weighted by Gasteiger charge is -1.84. The van der Waals surface area contributed by atoms with Gasteiger partial charge in [-0.15, -0.1) is 6.42 Å². The fraction of sp³-hybridized carbons (Fsp3) is 0.400. The third-order valence-electron chi connectivity index (χ3n) is 1.16. The summed E-state index contributed by atoms with van der Waals surface area (Å²) in [5.41, 5.74) is 0. The lowest BCUT2D eigenvalue weighted by atomic mass is 10.2. The molecular weight excluding hydrogens is 120 g/mol. The maximum atomic E-state index is 5.00. The van der Waals surface area contributed by atoms with Crippen molar-refractivity contribution in [3.63, 3.8) is 0 Å². The molecule has 0 amide bonds. The minimum atomic E-state index is 1.16. The van der Waals surface area contributed by atoms with Gasteiger partial charge >= 0.3 is 0 Å². The van der Waals surface area contributed by atoms with Crippen molar-refractivity contribution < 1.29 is 0 Å². The largest absolute Gasteiger partial charge is 0.115 e. The van der Waals surface area contributed by atoms with E-state index in [1.54, 1.807) is 6.08 Å². The van der Waals surface area contributed by atoms with Gasteiger partial charge in [0.15, 0.2) is 0 Å². The molecule has 10 heavy (non-hydrogen) atoms. The van der Waals surface area contributed by atoms with E-state index in [0.29, 0.717) is 0 Å². The Kier molecular flexibility index (Phi) is 7.27. The first-order valence-corrected chi connectivity index (χ1v) is 3.69. The normalized spacial score (nSPS) is 10.8. The Morgan fingerprint density at radius 1 is 1.40 bits per heavy atom. The van der Waals surface area contributed by atoms with Crippen molar-refractivity contribution in [2.24, 2.45) is 0 Å². The van der Waals surface area contributed by atoms with Crippen molar-refractivity contribution in [1.82, 2.24) is 0 Å². The molecule has 0 bridgehead atoms. The van der Waals surface area contributed by atoms with E-state index in [9.17, 15) is 0 Å². The highest BCUT2D eigenvalue weighted by Crippen LogP contribution is 1.94. The molecule has 54 valence electrons. The topological polar surface area (TPSA) is 0 Å². The fourth-order valence-corrected chi connectivity index (χ4v) is 0.608. The predicted octanol–water partition coefficient (Wildman–Crippen LogP) is 2.92. The van der Waals surface area contributed by atoms with Crippen LogP contribution in [0.1, 0.15) is 26.2 Å². The molecule has 0 atom stereocenters. The highest BCUT2D eigenvalue weighted by molar-refractivity contribution is 5.15. The minimum absolute atomic E-state index is 1.16. The molecule has 0 nitrogen and oxygen atoms in total. The minimum Gasteiger partial charge on any atom is -0.115 e. The molecule has 0 radical (unpaired) electrons. The SMILES string of the molecule is C#C/C=C\C=C\CCCC. The molecule has 0 spiro atoms. The van der Waals surface area contributed by atoms with Gasteiger partial charge in [-0.25, -0.2) is 0 Å². The van der Waals surface area contributed by atoms with Gasteiger partial charge in [0.05, 0.1) is 0 Å². The summed E-state index contributed by atoms with van der Waals surface area (Å²) in [6.07, 6.45) is 16.4. The van der Waals surface area contributed by atoms with Gasteiger partial charge in [0, 0.05) is 0 Å². The first-order valence-electron chi connectivity index (χ1n) is 3.69. The molecule has 0 aliphatic rings. The van der Waals surface area contributed by atoms with Crippen molar-refractivity contribution in [3.05, 3.63) is 24.3 Å². The third-order valence-corrected chi connectivity index (χ3v) is 1.16. The van der Waals surface area contributed by atoms with Crippen LogP contribution in [0, 0.1) is 12.3 Å². The van der Waals surface area contributed by atoms with Crippen LogP contribution < -0.4 is 0 Å². The molecular formula is C10H14. The number of hydrogen-bond acceptors (Lipinski definition) is 0. The average Bonchev–Trinajstić information content (AvgIpc) is 1.97. The summed E-state index contributed by atoms with van der Waals surface area (Å²) in [6, 6.07) is 0. The van der Waals surface area contributed by atoms with E-state index in [0.717, 1.165) is 6.42 Å². The summed E-state index contributed by atoms with van der Waals surface area (Å²) in [4.78, 5) is 0. The summed E-state index contributed by atoms with van der Waals surface area (Å²) in [6.45, 7) is 2.19. The monoisotopic (exact) mass is 134 g/mol. The van der Waals surface area contributed by atoms with Crippen LogP contribution in [0.25, 0.3) is 0 Å². The molecule has 0 aliphatic carbocycles. The predicted molar refractivity (Wildman–Crippen MR) is 46.6 cm³/mol. The van der Waals surface area contributed by atoms with Crippen LogP contribution in [0.5, 0.6) is 0 Å². The molecule has 0 fully saturated rings. The lowest BCUT2D eigenvalue weighted by Crippen LogP contribution is -1.64. The van der Waals surface area contributed by atoms with E-state index in [1.165, 1.54) is 12.8 Å². The number of rotatable bonds is 4. The van der Waals surface area contributed by atoms with Crippen LogP contribution in [0.3, 0.4) is 0 Å². The molecule has 0 saturated heterocycles. The molecule has 0 heterocycles. The zero-order valence-corrected chi connectivity index (χ0v) is 6.51. The molecule has 0 aromatic rings. The second-order valence-corrected chi connectivity index (χ2v) is 2.10. The Hall–Kier alpha value is -0.960. The standard InChI is InChI=1S/C10H14/c1-3-5-7-9-10-8-6-4-2/h1,5,7,9-10H,4,6,8H2,2H3/b7-5-,10-9+. The second-order valence-electron chi connectivity index (χ2n) is 2.10. The van der Waals surface area contributed by atoms with Crippen LogP contribution in [0.4, 0.5) is 0 Å². The molecule has 0 aliphatic heterocycles. The van der Waals surface area contributed by atoms with Gasteiger partial charge in [0.2, 0.25) is 0 Å². The van der Waals surface area contributed by atoms with Crippen LogP contribution in [-0.4, -0.2) is 0 Å². The number of hydrogen-bond donors (Lipinski definition) is 0. The molecule has 0 N–H and O–H groups in total. The van der Waals surface area contributed by atoms with Crippen LogP contribution >= 0.6 is 0 Å². The van der Waals surface area contributed by atoms with E-state index in [-0.39, 0.29) is 0 Å². The Morgan fingerprint density at radius 2 is 2.20 bits per heavy atom. The lowest BCUT2D eigenvalue weighted by molar-refractivity contribution is 0.815. The van der Waals surface area contributed by atoms with E-state index in [4.69, 9.17) is 6.42 Å². The van der Waals surface area contributed by atoms with Gasteiger partial charge < -0.3 is 0 Å². The summed E-state index contributed by atoms with van der Waals surface area (Å²) in [5.74, 6) is 2.43. The Morgan fingerprint density at radius 3 is 2.80 bits per heavy atom. The maximum Gasteiger partial charge on any atom is -0.0122 e. The van der Waals surface area contributed by atoms with E-state index < -0.39 is 0 Å². The van der Waals surface area contributed by atoms with Crippen molar-refractivity contribution in [2.75, 3.05) is 0 Å². The van der Waals surface area contributed by atoms with Crippen LogP contribution in [0.15, 0.2) is 24.3 Å². The summed E-state index contributed by atoms with van der Waals surface area (Å²) < 4.78 is 0. The fourth-order valence-electron chi connectivity index (χ4n) is 0.608. The van der Waals surface area contributed by atoms with Crippen molar-refractivity contribution in [3.8, 4) is 12.3 Å². The maximum absolute atomic E-state index is 5.00. The smallest absolute Gasteiger partial charge is 0.0122 e. The third kappa shape index (κ3) is 7.04. The van der Waals surface area contributed by atoms with Crippen molar-refractivity contribution in [1.29, 1.82) is 0 Å². The van der Waals surface area contributed by atoms with Gasteiger partial charge in [-0.3, -0.25) is 0 Å². The highest BCUT2D eigenvalue weighted by Gasteiger charge is 1.74. The van der Waals surface area contributed by atoms with Gasteiger partial charge in [-0.2, -0.15) is 0 Å². The number of unbranched alkanes of at least 4 members (excludes halogenated alkanes) is 2. The average molecular weight is 134 g/mol. The zero-order chi connectivity index (χ0) is 7.66. The van der Waals surface area contributed by atoms with Crippen LogP contribution in [0.2, 0.25) is 0 Å². The molecule has 0 aromatic heterocycles. The van der Waals surface area contributed by atoms with Gasteiger partial charge in [-0.1, -0.05) is 43.9 Å². The molecule has 0 rings (SSSR count). The highest BCUT2D eigenvalue weighted by atomic mass is 13.8. The quantitative estimate of drug-likeness (QED) is 0.315. The molecule has 0 aromatic carbocycles. The summed E-state index contributed by atoms with van der Waals surface area (Å²) in [5, 5.41) is 0. The zero-order valence-electron chi connectivity index (χ0n) is 6.51. The molecule has 0 heteroatoms. The number of allylic oxidation sites excluding steroid dienone is 4.